The van der Waals surface area contributed by atoms with Gasteiger partial charge in [-0.05, 0) is 54.7 Å². The number of methoxy groups -OCH3 is 1. The van der Waals surface area contributed by atoms with Gasteiger partial charge in [0.2, 0.25) is 0 Å². The molecule has 1 amide bonds. The molecule has 152 valence electrons. The molecule has 3 atom stereocenters. The minimum Gasteiger partial charge on any atom is -0.469 e. The molecular formula is C22H21Cl2NO4. The zero-order chi connectivity index (χ0) is 20.6. The molecule has 0 spiro atoms. The van der Waals surface area contributed by atoms with Crippen molar-refractivity contribution in [3.05, 3.63) is 69.7 Å². The molecule has 0 bridgehead atoms. The van der Waals surface area contributed by atoms with Crippen LogP contribution in [-0.2, 0) is 19.7 Å². The van der Waals surface area contributed by atoms with Gasteiger partial charge in [-0.25, -0.2) is 4.79 Å². The van der Waals surface area contributed by atoms with Crippen LogP contribution in [0.1, 0.15) is 36.5 Å². The van der Waals surface area contributed by atoms with Gasteiger partial charge in [0.15, 0.2) is 0 Å². The molecule has 29 heavy (non-hydrogen) atoms. The van der Waals surface area contributed by atoms with Crippen molar-refractivity contribution in [3.63, 3.8) is 0 Å². The van der Waals surface area contributed by atoms with Crippen LogP contribution in [0.2, 0.25) is 10.0 Å². The molecule has 2 saturated carbocycles. The zero-order valence-corrected chi connectivity index (χ0v) is 17.4. The monoisotopic (exact) mass is 433 g/mol. The summed E-state index contributed by atoms with van der Waals surface area (Å²) in [6, 6.07) is 14.7. The second kappa shape index (κ2) is 7.88. The molecule has 2 unspecified atom stereocenters. The van der Waals surface area contributed by atoms with Crippen LogP contribution in [0.25, 0.3) is 0 Å². The van der Waals surface area contributed by atoms with Crippen molar-refractivity contribution in [2.75, 3.05) is 7.11 Å². The quantitative estimate of drug-likeness (QED) is 0.646. The number of esters is 1. The lowest BCUT2D eigenvalue weighted by atomic mass is 9.86. The molecular weight excluding hydrogens is 413 g/mol. The van der Waals surface area contributed by atoms with Crippen LogP contribution in [-0.4, -0.2) is 25.2 Å². The van der Waals surface area contributed by atoms with Crippen LogP contribution in [0.15, 0.2) is 48.5 Å². The highest BCUT2D eigenvalue weighted by atomic mass is 35.5. The summed E-state index contributed by atoms with van der Waals surface area (Å²) in [5.74, 6) is -0.626. The largest absolute Gasteiger partial charge is 0.469 e. The molecule has 0 aromatic heterocycles. The minimum absolute atomic E-state index is 0.253. The summed E-state index contributed by atoms with van der Waals surface area (Å²) < 4.78 is 10.6. The number of hydrogen-bond donors (Lipinski definition) is 1. The van der Waals surface area contributed by atoms with Crippen molar-refractivity contribution in [1.29, 1.82) is 0 Å². The van der Waals surface area contributed by atoms with E-state index in [-0.39, 0.29) is 23.3 Å². The lowest BCUT2D eigenvalue weighted by molar-refractivity contribution is -0.142. The van der Waals surface area contributed by atoms with Crippen LogP contribution in [0.3, 0.4) is 0 Å². The van der Waals surface area contributed by atoms with E-state index in [9.17, 15) is 9.59 Å². The summed E-state index contributed by atoms with van der Waals surface area (Å²) in [5, 5.41) is 3.99. The first-order valence-electron chi connectivity index (χ1n) is 9.49. The fourth-order valence-electron chi connectivity index (χ4n) is 3.86. The number of amides is 1. The van der Waals surface area contributed by atoms with Gasteiger partial charge in [-0.1, -0.05) is 47.5 Å². The second-order valence-corrected chi connectivity index (χ2v) is 8.50. The number of hydrogen-bond acceptors (Lipinski definition) is 4. The molecule has 2 fully saturated rings. The highest BCUT2D eigenvalue weighted by Gasteiger charge is 2.54. The predicted molar refractivity (Wildman–Crippen MR) is 110 cm³/mol. The summed E-state index contributed by atoms with van der Waals surface area (Å²) in [5.41, 5.74) is 1.50. The molecule has 2 aliphatic carbocycles. The third-order valence-electron chi connectivity index (χ3n) is 5.66. The van der Waals surface area contributed by atoms with Crippen LogP contribution in [0.4, 0.5) is 4.79 Å². The fourth-order valence-corrected chi connectivity index (χ4v) is 4.25. The minimum atomic E-state index is -0.556. The topological polar surface area (TPSA) is 64.6 Å². The summed E-state index contributed by atoms with van der Waals surface area (Å²) in [4.78, 5) is 24.2. The van der Waals surface area contributed by atoms with Crippen LogP contribution in [0.5, 0.6) is 0 Å². The molecule has 7 heteroatoms. The zero-order valence-electron chi connectivity index (χ0n) is 15.9. The Labute approximate surface area is 179 Å². The number of carbonyl (C=O) groups excluding carboxylic acids is 2. The first kappa shape index (κ1) is 20.0. The average Bonchev–Trinajstić information content (AvgIpc) is 3.61. The van der Waals surface area contributed by atoms with E-state index in [1.165, 1.54) is 7.11 Å². The molecule has 5 nitrogen and oxygen atoms in total. The first-order valence-corrected chi connectivity index (χ1v) is 10.2. The maximum absolute atomic E-state index is 12.6. The van der Waals surface area contributed by atoms with Crippen molar-refractivity contribution in [2.45, 2.75) is 36.8 Å². The number of rotatable bonds is 6. The highest BCUT2D eigenvalue weighted by Crippen LogP contribution is 2.58. The smallest absolute Gasteiger partial charge is 0.408 e. The summed E-state index contributed by atoms with van der Waals surface area (Å²) in [7, 11) is 1.34. The van der Waals surface area contributed by atoms with Crippen molar-refractivity contribution in [1.82, 2.24) is 5.32 Å². The van der Waals surface area contributed by atoms with E-state index in [2.05, 4.69) is 5.32 Å². The van der Waals surface area contributed by atoms with E-state index in [0.29, 0.717) is 16.5 Å². The van der Waals surface area contributed by atoms with Gasteiger partial charge >= 0.3 is 12.1 Å². The van der Waals surface area contributed by atoms with E-state index < -0.39 is 12.2 Å². The summed E-state index contributed by atoms with van der Waals surface area (Å²) in [6.07, 6.45) is 1.22. The number of benzene rings is 2. The number of halogens is 2. The molecule has 0 heterocycles. The van der Waals surface area contributed by atoms with Crippen molar-refractivity contribution in [3.8, 4) is 0 Å². The van der Waals surface area contributed by atoms with Gasteiger partial charge in [0, 0.05) is 21.5 Å². The van der Waals surface area contributed by atoms with Gasteiger partial charge in [-0.15, -0.1) is 0 Å². The van der Waals surface area contributed by atoms with Gasteiger partial charge in [-0.3, -0.25) is 4.79 Å². The Kier molecular flexibility index (Phi) is 5.45. The van der Waals surface area contributed by atoms with Crippen molar-refractivity contribution < 1.29 is 19.1 Å². The molecule has 0 saturated heterocycles. The number of nitrogens with one attached hydrogen (secondary N) is 1. The van der Waals surface area contributed by atoms with Gasteiger partial charge in [-0.2, -0.15) is 0 Å². The Morgan fingerprint density at radius 2 is 1.79 bits per heavy atom. The fraction of sp³-hybridized carbons (Fsp3) is 0.364. The Hall–Kier alpha value is -2.24. The maximum Gasteiger partial charge on any atom is 0.408 e. The normalized spacial score (nSPS) is 22.3. The molecule has 4 rings (SSSR count). The summed E-state index contributed by atoms with van der Waals surface area (Å²) in [6.45, 7) is 0. The molecule has 2 aromatic carbocycles. The second-order valence-electron chi connectivity index (χ2n) is 7.62. The number of ether oxygens (including phenoxy) is 2. The SMILES string of the molecule is COC(=O)C1C[C@@H]1NC(=O)OC(c1cccc(Cl)c1)C1(c2cccc(Cl)c2)CC1. The van der Waals surface area contributed by atoms with E-state index in [4.69, 9.17) is 32.7 Å². The lowest BCUT2D eigenvalue weighted by Gasteiger charge is -2.28. The molecule has 2 aliphatic rings. The third kappa shape index (κ3) is 4.21. The van der Waals surface area contributed by atoms with Gasteiger partial charge in [0.1, 0.15) is 6.10 Å². The Morgan fingerprint density at radius 3 is 2.41 bits per heavy atom. The van der Waals surface area contributed by atoms with Gasteiger partial charge in [0.05, 0.1) is 13.0 Å². The first-order chi connectivity index (χ1) is 13.9. The molecule has 1 N–H and O–H groups in total. The standard InChI is InChI=1S/C22H21Cl2NO4/c1-28-20(26)17-12-18(17)25-21(27)29-19(13-4-2-6-15(23)10-13)22(8-9-22)14-5-3-7-16(24)11-14/h2-7,10-11,17-19H,8-9,12H2,1H3,(H,25,27)/t17?,18-,19?/m0/s1. The van der Waals surface area contributed by atoms with Crippen LogP contribution in [0, 0.1) is 5.92 Å². The molecule has 2 aromatic rings. The Morgan fingerprint density at radius 1 is 1.10 bits per heavy atom. The predicted octanol–water partition coefficient (Wildman–Crippen LogP) is 5.05. The van der Waals surface area contributed by atoms with E-state index >= 15 is 0 Å². The molecule has 0 radical (unpaired) electrons. The van der Waals surface area contributed by atoms with Gasteiger partial charge < -0.3 is 14.8 Å². The highest BCUT2D eigenvalue weighted by molar-refractivity contribution is 6.30. The summed E-state index contributed by atoms with van der Waals surface area (Å²) >= 11 is 12.4. The van der Waals surface area contributed by atoms with E-state index in [1.54, 1.807) is 6.07 Å². The number of carbonyl (C=O) groups is 2. The number of alkyl carbamates (subject to hydrolysis) is 1. The van der Waals surface area contributed by atoms with Crippen molar-refractivity contribution >= 4 is 35.3 Å². The van der Waals surface area contributed by atoms with Gasteiger partial charge in [0.25, 0.3) is 0 Å². The molecule has 0 aliphatic heterocycles. The Bertz CT molecular complexity index is 944. The van der Waals surface area contributed by atoms with Crippen LogP contribution >= 0.6 is 23.2 Å². The lowest BCUT2D eigenvalue weighted by Crippen LogP contribution is -2.33. The third-order valence-corrected chi connectivity index (χ3v) is 6.13. The average molecular weight is 434 g/mol. The Balaban J connectivity index is 1.57. The maximum atomic E-state index is 12.6. The van der Waals surface area contributed by atoms with E-state index in [0.717, 1.165) is 24.0 Å². The van der Waals surface area contributed by atoms with Crippen molar-refractivity contribution in [2.24, 2.45) is 5.92 Å². The van der Waals surface area contributed by atoms with E-state index in [1.807, 2.05) is 42.5 Å². The van der Waals surface area contributed by atoms with Crippen LogP contribution < -0.4 is 5.32 Å².